The second-order valence-electron chi connectivity index (χ2n) is 3.94. The minimum absolute atomic E-state index is 0.0678. The van der Waals surface area contributed by atoms with Gasteiger partial charge in [-0.25, -0.2) is 0 Å². The van der Waals surface area contributed by atoms with Crippen molar-refractivity contribution in [1.29, 1.82) is 0 Å². The molecule has 0 aromatic carbocycles. The summed E-state index contributed by atoms with van der Waals surface area (Å²) in [6.07, 6.45) is 6.18. The van der Waals surface area contributed by atoms with Gasteiger partial charge in [-0.3, -0.25) is 4.79 Å². The molecular formula is C12H27N3O. The minimum Gasteiger partial charge on any atom is -0.355 e. The molecule has 4 N–H and O–H groups in total. The van der Waals surface area contributed by atoms with Crippen LogP contribution in [0.15, 0.2) is 0 Å². The molecule has 4 nitrogen and oxygen atoms in total. The van der Waals surface area contributed by atoms with Gasteiger partial charge < -0.3 is 16.4 Å². The van der Waals surface area contributed by atoms with Crippen LogP contribution in [0.3, 0.4) is 0 Å². The summed E-state index contributed by atoms with van der Waals surface area (Å²) >= 11 is 0. The zero-order chi connectivity index (χ0) is 12.8. The van der Waals surface area contributed by atoms with Gasteiger partial charge in [-0.2, -0.15) is 0 Å². The van der Waals surface area contributed by atoms with Crippen molar-refractivity contribution in [3.8, 4) is 0 Å². The zero-order valence-corrected chi connectivity index (χ0v) is 10.3. The maximum atomic E-state index is 11.3. The van der Waals surface area contributed by atoms with Crippen LogP contribution in [0.25, 0.3) is 0 Å². The van der Waals surface area contributed by atoms with Crippen LogP contribution in [0, 0.1) is 0 Å². The van der Waals surface area contributed by atoms with Gasteiger partial charge in [0.1, 0.15) is 0 Å². The van der Waals surface area contributed by atoms with E-state index in [9.17, 15) is 4.79 Å². The first-order valence-electron chi connectivity index (χ1n) is 6.98. The summed E-state index contributed by atoms with van der Waals surface area (Å²) < 4.78 is 6.98. The Bertz CT molecular complexity index is 179. The monoisotopic (exact) mass is 230 g/mol. The molecule has 0 aliphatic heterocycles. The summed E-state index contributed by atoms with van der Waals surface area (Å²) in [5.74, 6) is 0.0678. The lowest BCUT2D eigenvalue weighted by Gasteiger charge is -2.06. The minimum atomic E-state index is 0.0678. The number of unbranched alkanes of at least 4 members (excludes halogenated alkanes) is 4. The molecule has 4 heteroatoms. The number of rotatable bonds is 11. The molecule has 0 saturated heterocycles. The number of hydrogen-bond acceptors (Lipinski definition) is 3. The molecule has 0 aromatic rings. The number of hydrogen-bond donors (Lipinski definition) is 3. The fraction of sp³-hybridized carbons (Fsp3) is 0.917. The van der Waals surface area contributed by atoms with Gasteiger partial charge in [0.05, 0.1) is 6.54 Å². The molecule has 0 fully saturated rings. The molecule has 0 spiro atoms. The van der Waals surface area contributed by atoms with Crippen LogP contribution in [0.4, 0.5) is 0 Å². The van der Waals surface area contributed by atoms with Gasteiger partial charge in [-0.15, -0.1) is 0 Å². The first kappa shape index (κ1) is 13.5. The van der Waals surface area contributed by atoms with Crippen molar-refractivity contribution in [3.05, 3.63) is 0 Å². The largest absolute Gasteiger partial charge is 0.355 e. The van der Waals surface area contributed by atoms with Crippen molar-refractivity contribution in [1.82, 2.24) is 10.6 Å². The quantitative estimate of drug-likeness (QED) is 0.464. The third-order valence-corrected chi connectivity index (χ3v) is 2.34. The Morgan fingerprint density at radius 1 is 1.19 bits per heavy atom. The molecule has 0 atom stereocenters. The fourth-order valence-corrected chi connectivity index (χ4v) is 1.37. The first-order valence-corrected chi connectivity index (χ1v) is 6.28. The van der Waals surface area contributed by atoms with Crippen LogP contribution in [0.1, 0.15) is 46.8 Å². The predicted molar refractivity (Wildman–Crippen MR) is 68.3 cm³/mol. The third-order valence-electron chi connectivity index (χ3n) is 2.34. The van der Waals surface area contributed by atoms with Crippen LogP contribution in [0.2, 0.25) is 0 Å². The molecular weight excluding hydrogens is 202 g/mol. The van der Waals surface area contributed by atoms with E-state index in [1.54, 1.807) is 0 Å². The van der Waals surface area contributed by atoms with Gasteiger partial charge >= 0.3 is 0 Å². The Morgan fingerprint density at radius 2 is 2.00 bits per heavy atom. The van der Waals surface area contributed by atoms with Crippen molar-refractivity contribution in [2.24, 2.45) is 5.73 Å². The average molecular weight is 230 g/mol. The summed E-state index contributed by atoms with van der Waals surface area (Å²) in [5.41, 5.74) is 5.38. The molecule has 16 heavy (non-hydrogen) atoms. The van der Waals surface area contributed by atoms with Gasteiger partial charge in [0.25, 0.3) is 0 Å². The Labute approximate surface area is 101 Å². The lowest BCUT2D eigenvalue weighted by atomic mass is 10.2. The summed E-state index contributed by atoms with van der Waals surface area (Å²) in [4.78, 5) is 11.3. The standard InChI is InChI=1S/C12H27N3O/c1-2-3-6-9-14-11-12(16)15-10-7-4-5-8-13/h14H,2-11,13H2,1H3,(H,15,16)/i1D. The second-order valence-corrected chi connectivity index (χ2v) is 3.94. The van der Waals surface area contributed by atoms with E-state index in [4.69, 9.17) is 7.10 Å². The molecule has 0 bridgehead atoms. The van der Waals surface area contributed by atoms with Crippen molar-refractivity contribution >= 4 is 5.91 Å². The lowest BCUT2D eigenvalue weighted by molar-refractivity contribution is -0.120. The van der Waals surface area contributed by atoms with Crippen LogP contribution in [-0.2, 0) is 4.79 Å². The van der Waals surface area contributed by atoms with Crippen LogP contribution in [0.5, 0.6) is 0 Å². The third kappa shape index (κ3) is 11.5. The Morgan fingerprint density at radius 3 is 2.75 bits per heavy atom. The molecule has 0 aliphatic carbocycles. The topological polar surface area (TPSA) is 67.2 Å². The predicted octanol–water partition coefficient (Wildman–Crippen LogP) is 1.01. The van der Waals surface area contributed by atoms with Crippen LogP contribution >= 0.6 is 0 Å². The van der Waals surface area contributed by atoms with Crippen molar-refractivity contribution in [2.45, 2.75) is 45.4 Å². The average Bonchev–Trinajstić information content (AvgIpc) is 2.33. The SMILES string of the molecule is [2H]CCCCCNCC(=O)NCCCCCN. The molecule has 96 valence electrons. The first-order chi connectivity index (χ1) is 8.31. The highest BCUT2D eigenvalue weighted by molar-refractivity contribution is 5.77. The van der Waals surface area contributed by atoms with Crippen molar-refractivity contribution in [2.75, 3.05) is 26.2 Å². The number of nitrogens with one attached hydrogen (secondary N) is 2. The van der Waals surface area contributed by atoms with E-state index < -0.39 is 0 Å². The van der Waals surface area contributed by atoms with Crippen LogP contribution < -0.4 is 16.4 Å². The van der Waals surface area contributed by atoms with E-state index in [2.05, 4.69) is 10.6 Å². The Hall–Kier alpha value is -0.610. The van der Waals surface area contributed by atoms with E-state index in [0.29, 0.717) is 13.4 Å². The van der Waals surface area contributed by atoms with Gasteiger partial charge in [-0.05, 0) is 32.4 Å². The summed E-state index contributed by atoms with van der Waals surface area (Å²) in [7, 11) is 0. The lowest BCUT2D eigenvalue weighted by Crippen LogP contribution is -2.34. The van der Waals surface area contributed by atoms with Gasteiger partial charge in [0.15, 0.2) is 0 Å². The van der Waals surface area contributed by atoms with Crippen LogP contribution in [-0.4, -0.2) is 32.1 Å². The zero-order valence-electron chi connectivity index (χ0n) is 11.3. The van der Waals surface area contributed by atoms with E-state index in [-0.39, 0.29) is 5.91 Å². The molecule has 0 saturated carbocycles. The maximum absolute atomic E-state index is 11.3. The molecule has 0 rings (SSSR count). The number of carbonyl (C=O) groups excluding carboxylic acids is 1. The smallest absolute Gasteiger partial charge is 0.233 e. The molecule has 0 radical (unpaired) electrons. The number of carbonyl (C=O) groups is 1. The van der Waals surface area contributed by atoms with Crippen molar-refractivity contribution < 1.29 is 6.17 Å². The molecule has 0 heterocycles. The summed E-state index contributed by atoms with van der Waals surface area (Å²) in [6.45, 7) is 3.24. The Balaban J connectivity index is 3.12. The highest BCUT2D eigenvalue weighted by Gasteiger charge is 1.98. The normalized spacial score (nSPS) is 11.2. The van der Waals surface area contributed by atoms with Gasteiger partial charge in [-0.1, -0.05) is 26.2 Å². The molecule has 0 aromatic heterocycles. The maximum Gasteiger partial charge on any atom is 0.233 e. The van der Waals surface area contributed by atoms with E-state index in [1.807, 2.05) is 0 Å². The second kappa shape index (κ2) is 12.5. The number of nitrogens with two attached hydrogens (primary N) is 1. The summed E-state index contributed by atoms with van der Waals surface area (Å²) in [6, 6.07) is 0. The van der Waals surface area contributed by atoms with E-state index in [0.717, 1.165) is 58.2 Å². The van der Waals surface area contributed by atoms with E-state index in [1.165, 1.54) is 0 Å². The summed E-state index contributed by atoms with van der Waals surface area (Å²) in [5, 5.41) is 5.97. The Kier molecular flexibility index (Phi) is 10.5. The van der Waals surface area contributed by atoms with Gasteiger partial charge in [0.2, 0.25) is 5.91 Å². The number of amides is 1. The van der Waals surface area contributed by atoms with E-state index >= 15 is 0 Å². The highest BCUT2D eigenvalue weighted by atomic mass is 16.1. The molecule has 0 unspecified atom stereocenters. The van der Waals surface area contributed by atoms with Crippen molar-refractivity contribution in [3.63, 3.8) is 0 Å². The fourth-order valence-electron chi connectivity index (χ4n) is 1.37. The molecule has 1 amide bonds. The highest BCUT2D eigenvalue weighted by Crippen LogP contribution is 1.91. The molecule has 0 aliphatic rings. The van der Waals surface area contributed by atoms with Gasteiger partial charge in [0, 0.05) is 7.92 Å².